The number of fused-ring (bicyclic) bond motifs is 1. The van der Waals surface area contributed by atoms with Crippen molar-refractivity contribution >= 4 is 16.7 Å². The van der Waals surface area contributed by atoms with Gasteiger partial charge in [-0.25, -0.2) is 0 Å². The van der Waals surface area contributed by atoms with Crippen molar-refractivity contribution < 1.29 is 9.53 Å². The summed E-state index contributed by atoms with van der Waals surface area (Å²) in [7, 11) is 0. The maximum absolute atomic E-state index is 12.2. The molecule has 0 N–H and O–H groups in total. The molecule has 2 aromatic rings. The van der Waals surface area contributed by atoms with Gasteiger partial charge < -0.3 is 4.74 Å². The van der Waals surface area contributed by atoms with E-state index in [-0.39, 0.29) is 5.97 Å². The van der Waals surface area contributed by atoms with Crippen molar-refractivity contribution in [3.63, 3.8) is 0 Å². The summed E-state index contributed by atoms with van der Waals surface area (Å²) >= 11 is 0. The van der Waals surface area contributed by atoms with Gasteiger partial charge in [-0.2, -0.15) is 0 Å². The van der Waals surface area contributed by atoms with Gasteiger partial charge in [-0.1, -0.05) is 48.5 Å². The van der Waals surface area contributed by atoms with E-state index in [4.69, 9.17) is 4.74 Å². The molecule has 2 aromatic carbocycles. The topological polar surface area (TPSA) is 26.3 Å². The van der Waals surface area contributed by atoms with Crippen molar-refractivity contribution in [2.75, 3.05) is 0 Å². The average Bonchev–Trinajstić information content (AvgIpc) is 2.81. The molecule has 2 heteroatoms. The Morgan fingerprint density at radius 3 is 2.68 bits per heavy atom. The highest BCUT2D eigenvalue weighted by atomic mass is 16.5. The molecule has 0 saturated carbocycles. The first-order chi connectivity index (χ1) is 9.28. The minimum atomic E-state index is -0.734. The van der Waals surface area contributed by atoms with E-state index in [1.807, 2.05) is 48.5 Å². The molecule has 0 aliphatic carbocycles. The molecule has 3 rings (SSSR count). The Morgan fingerprint density at radius 1 is 1.16 bits per heavy atom. The number of carbonyl (C=O) groups is 1. The van der Waals surface area contributed by atoms with Crippen LogP contribution in [0.3, 0.4) is 0 Å². The van der Waals surface area contributed by atoms with Crippen molar-refractivity contribution in [2.45, 2.75) is 11.8 Å². The van der Waals surface area contributed by atoms with Crippen molar-refractivity contribution in [3.05, 3.63) is 73.0 Å². The van der Waals surface area contributed by atoms with Crippen LogP contribution in [0.2, 0.25) is 0 Å². The number of hydrogen-bond donors (Lipinski definition) is 0. The van der Waals surface area contributed by atoms with Gasteiger partial charge in [-0.15, -0.1) is 6.58 Å². The largest absolute Gasteiger partial charge is 0.434 e. The molecule has 0 fully saturated rings. The van der Waals surface area contributed by atoms with Gasteiger partial charge in [-0.3, -0.25) is 4.79 Å². The molecule has 2 nitrogen and oxygen atoms in total. The first-order valence-electron chi connectivity index (χ1n) is 6.26. The van der Waals surface area contributed by atoms with Gasteiger partial charge in [0, 0.05) is 0 Å². The van der Waals surface area contributed by atoms with Crippen molar-refractivity contribution in [3.8, 4) is 0 Å². The molecule has 0 radical (unpaired) electrons. The molecule has 1 aliphatic rings. The SMILES string of the molecule is C=CCC1(c2cccc3ccccc23)C=COC1=O. The zero-order valence-electron chi connectivity index (χ0n) is 10.5. The van der Waals surface area contributed by atoms with E-state index in [2.05, 4.69) is 6.58 Å². The van der Waals surface area contributed by atoms with Crippen LogP contribution in [-0.2, 0) is 14.9 Å². The Balaban J connectivity index is 2.30. The lowest BCUT2D eigenvalue weighted by Gasteiger charge is -2.24. The third kappa shape index (κ3) is 1.68. The molecule has 1 unspecified atom stereocenters. The Kier molecular flexibility index (Phi) is 2.71. The van der Waals surface area contributed by atoms with Crippen LogP contribution >= 0.6 is 0 Å². The smallest absolute Gasteiger partial charge is 0.325 e. The van der Waals surface area contributed by atoms with Crippen LogP contribution in [0.1, 0.15) is 12.0 Å². The summed E-state index contributed by atoms with van der Waals surface area (Å²) in [6.45, 7) is 3.77. The predicted octanol–water partition coefficient (Wildman–Crippen LogP) is 3.72. The van der Waals surface area contributed by atoms with E-state index in [1.165, 1.54) is 6.26 Å². The number of allylic oxidation sites excluding steroid dienone is 1. The van der Waals surface area contributed by atoms with Crippen LogP contribution in [0.5, 0.6) is 0 Å². The Hall–Kier alpha value is -2.35. The molecule has 94 valence electrons. The zero-order valence-corrected chi connectivity index (χ0v) is 10.5. The summed E-state index contributed by atoms with van der Waals surface area (Å²) in [6.07, 6.45) is 5.61. The lowest BCUT2D eigenvalue weighted by molar-refractivity contribution is -0.140. The molecule has 1 heterocycles. The minimum Gasteiger partial charge on any atom is -0.434 e. The number of benzene rings is 2. The number of ether oxygens (including phenoxy) is 1. The predicted molar refractivity (Wildman–Crippen MR) is 75.7 cm³/mol. The van der Waals surface area contributed by atoms with Crippen LogP contribution in [0.4, 0.5) is 0 Å². The molecule has 0 spiro atoms. The second-order valence-corrected chi connectivity index (χ2v) is 4.70. The van der Waals surface area contributed by atoms with Gasteiger partial charge >= 0.3 is 5.97 Å². The van der Waals surface area contributed by atoms with Gasteiger partial charge in [0.15, 0.2) is 0 Å². The lowest BCUT2D eigenvalue weighted by atomic mass is 9.76. The lowest BCUT2D eigenvalue weighted by Crippen LogP contribution is -2.30. The third-order valence-corrected chi connectivity index (χ3v) is 3.63. The van der Waals surface area contributed by atoms with E-state index < -0.39 is 5.41 Å². The van der Waals surface area contributed by atoms with E-state index in [0.29, 0.717) is 6.42 Å². The van der Waals surface area contributed by atoms with Crippen molar-refractivity contribution in [1.29, 1.82) is 0 Å². The first-order valence-corrected chi connectivity index (χ1v) is 6.26. The molecule has 0 saturated heterocycles. The van der Waals surface area contributed by atoms with Gasteiger partial charge in [0.05, 0.1) is 6.26 Å². The number of rotatable bonds is 3. The monoisotopic (exact) mass is 250 g/mol. The van der Waals surface area contributed by atoms with E-state index in [9.17, 15) is 4.79 Å². The molecule has 0 bridgehead atoms. The van der Waals surface area contributed by atoms with Crippen LogP contribution in [0, 0.1) is 0 Å². The second-order valence-electron chi connectivity index (χ2n) is 4.70. The molecule has 0 aromatic heterocycles. The standard InChI is InChI=1S/C17H14O2/c1-2-10-17(11-12-19-16(17)18)15-9-5-7-13-6-3-4-8-14(13)15/h2-9,11-12H,1,10H2. The molecular weight excluding hydrogens is 236 g/mol. The number of cyclic esters (lactones) is 1. The number of hydrogen-bond acceptors (Lipinski definition) is 2. The molecule has 1 aliphatic heterocycles. The van der Waals surface area contributed by atoms with Gasteiger partial charge in [0.25, 0.3) is 0 Å². The minimum absolute atomic E-state index is 0.233. The Morgan fingerprint density at radius 2 is 1.95 bits per heavy atom. The maximum atomic E-state index is 12.2. The summed E-state index contributed by atoms with van der Waals surface area (Å²) in [5.41, 5.74) is 0.243. The second kappa shape index (κ2) is 4.39. The highest BCUT2D eigenvalue weighted by molar-refractivity contribution is 5.96. The summed E-state index contributed by atoms with van der Waals surface area (Å²) < 4.78 is 5.06. The van der Waals surface area contributed by atoms with Gasteiger partial charge in [0.2, 0.25) is 0 Å². The molecule has 0 amide bonds. The number of carbonyl (C=O) groups excluding carboxylic acids is 1. The van der Waals surface area contributed by atoms with Crippen molar-refractivity contribution in [1.82, 2.24) is 0 Å². The van der Waals surface area contributed by atoms with Crippen LogP contribution in [0.25, 0.3) is 10.8 Å². The fourth-order valence-electron chi connectivity index (χ4n) is 2.69. The normalized spacial score (nSPS) is 21.6. The van der Waals surface area contributed by atoms with Gasteiger partial charge in [0.1, 0.15) is 5.41 Å². The Labute approximate surface area is 112 Å². The van der Waals surface area contributed by atoms with Gasteiger partial charge in [-0.05, 0) is 28.8 Å². The highest BCUT2D eigenvalue weighted by Gasteiger charge is 2.42. The molecule has 1 atom stereocenters. The summed E-state index contributed by atoms with van der Waals surface area (Å²) in [6, 6.07) is 14.1. The Bertz CT molecular complexity index is 679. The zero-order chi connectivity index (χ0) is 13.3. The maximum Gasteiger partial charge on any atom is 0.325 e. The quantitative estimate of drug-likeness (QED) is 0.613. The highest BCUT2D eigenvalue weighted by Crippen LogP contribution is 2.39. The van der Waals surface area contributed by atoms with Crippen LogP contribution in [0.15, 0.2) is 67.5 Å². The average molecular weight is 250 g/mol. The first kappa shape index (κ1) is 11.7. The summed E-state index contributed by atoms with van der Waals surface area (Å²) in [5, 5.41) is 2.20. The summed E-state index contributed by atoms with van der Waals surface area (Å²) in [5.74, 6) is -0.233. The summed E-state index contributed by atoms with van der Waals surface area (Å²) in [4.78, 5) is 12.2. The van der Waals surface area contributed by atoms with E-state index in [1.54, 1.807) is 6.08 Å². The fraction of sp³-hybridized carbons (Fsp3) is 0.118. The number of esters is 1. The van der Waals surface area contributed by atoms with E-state index in [0.717, 1.165) is 16.3 Å². The van der Waals surface area contributed by atoms with Crippen LogP contribution in [-0.4, -0.2) is 5.97 Å². The molecular formula is C17H14O2. The van der Waals surface area contributed by atoms with Crippen LogP contribution < -0.4 is 0 Å². The van der Waals surface area contributed by atoms with Crippen molar-refractivity contribution in [2.24, 2.45) is 0 Å². The molecule has 19 heavy (non-hydrogen) atoms. The fourth-order valence-corrected chi connectivity index (χ4v) is 2.69. The van der Waals surface area contributed by atoms with E-state index >= 15 is 0 Å². The third-order valence-electron chi connectivity index (χ3n) is 3.63.